The van der Waals surface area contributed by atoms with E-state index >= 15 is 0 Å². The fraction of sp³-hybridized carbons (Fsp3) is 0.438. The van der Waals surface area contributed by atoms with E-state index < -0.39 is 9.84 Å². The van der Waals surface area contributed by atoms with Gasteiger partial charge in [-0.05, 0) is 6.42 Å². The first kappa shape index (κ1) is 14.0. The summed E-state index contributed by atoms with van der Waals surface area (Å²) in [5, 5.41) is 8.22. The molecule has 2 aliphatic heterocycles. The minimum atomic E-state index is -2.90. The Bertz CT molecular complexity index is 796. The molecule has 4 rings (SSSR count). The molecule has 0 spiro atoms. The number of hydrogen-bond donors (Lipinski definition) is 1. The second-order valence-electron chi connectivity index (χ2n) is 6.07. The van der Waals surface area contributed by atoms with Crippen LogP contribution < -0.4 is 5.32 Å². The van der Waals surface area contributed by atoms with Crippen LogP contribution in [-0.2, 0) is 22.8 Å². The summed E-state index contributed by atoms with van der Waals surface area (Å²) in [6.07, 6.45) is 1.59. The highest BCUT2D eigenvalue weighted by Crippen LogP contribution is 2.32. The van der Waals surface area contributed by atoms with Gasteiger partial charge >= 0.3 is 0 Å². The third kappa shape index (κ3) is 2.36. The number of rotatable bonds is 2. The Morgan fingerprint density at radius 3 is 2.77 bits per heavy atom. The van der Waals surface area contributed by atoms with Gasteiger partial charge in [-0.3, -0.25) is 4.68 Å². The molecule has 0 bridgehead atoms. The highest BCUT2D eigenvalue weighted by atomic mass is 32.2. The smallest absolute Gasteiger partial charge is 0.152 e. The lowest BCUT2D eigenvalue weighted by atomic mass is 10.0. The van der Waals surface area contributed by atoms with Crippen LogP contribution in [0.4, 0.5) is 0 Å². The van der Waals surface area contributed by atoms with Gasteiger partial charge in [-0.2, -0.15) is 5.10 Å². The van der Waals surface area contributed by atoms with E-state index in [-0.39, 0.29) is 17.5 Å². The number of nitrogens with zero attached hydrogens (tertiary/aromatic N) is 2. The first-order valence-electron chi connectivity index (χ1n) is 7.71. The molecule has 6 heteroatoms. The Kier molecular flexibility index (Phi) is 3.31. The van der Waals surface area contributed by atoms with Gasteiger partial charge in [0.25, 0.3) is 0 Å². The lowest BCUT2D eigenvalue weighted by Gasteiger charge is -2.18. The molecule has 1 aromatic carbocycles. The van der Waals surface area contributed by atoms with E-state index in [9.17, 15) is 8.42 Å². The van der Waals surface area contributed by atoms with Crippen molar-refractivity contribution >= 4 is 9.84 Å². The van der Waals surface area contributed by atoms with E-state index in [0.717, 1.165) is 30.8 Å². The van der Waals surface area contributed by atoms with E-state index in [0.29, 0.717) is 6.42 Å². The number of fused-ring (bicyclic) bond motifs is 1. The van der Waals surface area contributed by atoms with E-state index in [1.807, 2.05) is 22.9 Å². The molecule has 1 unspecified atom stereocenters. The number of nitrogens with one attached hydrogen (secondary N) is 1. The van der Waals surface area contributed by atoms with Crippen LogP contribution in [0, 0.1) is 0 Å². The van der Waals surface area contributed by atoms with Gasteiger partial charge in [0.05, 0.1) is 23.2 Å². The third-order valence-corrected chi connectivity index (χ3v) is 6.31. The van der Waals surface area contributed by atoms with E-state index in [1.165, 1.54) is 11.3 Å². The SMILES string of the molecule is O=S1(=O)CCC(n2nc(-c3ccccc3)c3c2CCNC3)C1. The van der Waals surface area contributed by atoms with Crippen molar-refractivity contribution in [3.8, 4) is 11.3 Å². The van der Waals surface area contributed by atoms with Crippen molar-refractivity contribution in [2.75, 3.05) is 18.1 Å². The maximum Gasteiger partial charge on any atom is 0.152 e. The average molecular weight is 317 g/mol. The zero-order valence-electron chi connectivity index (χ0n) is 12.3. The Morgan fingerprint density at radius 2 is 2.05 bits per heavy atom. The summed E-state index contributed by atoms with van der Waals surface area (Å²) in [5.41, 5.74) is 4.52. The average Bonchev–Trinajstić information content (AvgIpc) is 3.08. The van der Waals surface area contributed by atoms with Crippen LogP contribution in [-0.4, -0.2) is 36.2 Å². The summed E-state index contributed by atoms with van der Waals surface area (Å²) in [7, 11) is -2.90. The molecule has 0 radical (unpaired) electrons. The van der Waals surface area contributed by atoms with E-state index in [2.05, 4.69) is 17.4 Å². The molecule has 1 atom stereocenters. The summed E-state index contributed by atoms with van der Waals surface area (Å²) in [4.78, 5) is 0. The van der Waals surface area contributed by atoms with Crippen LogP contribution in [0.2, 0.25) is 0 Å². The van der Waals surface area contributed by atoms with Crippen LogP contribution in [0.3, 0.4) is 0 Å². The molecule has 1 saturated heterocycles. The van der Waals surface area contributed by atoms with Crippen LogP contribution in [0.5, 0.6) is 0 Å². The summed E-state index contributed by atoms with van der Waals surface area (Å²) in [6, 6.07) is 10.1. The van der Waals surface area contributed by atoms with Gasteiger partial charge in [0.2, 0.25) is 0 Å². The van der Waals surface area contributed by atoms with Gasteiger partial charge in [0.15, 0.2) is 9.84 Å². The molecule has 22 heavy (non-hydrogen) atoms. The fourth-order valence-corrected chi connectivity index (χ4v) is 5.17. The number of sulfone groups is 1. The molecule has 3 heterocycles. The highest BCUT2D eigenvalue weighted by molar-refractivity contribution is 7.91. The summed E-state index contributed by atoms with van der Waals surface area (Å²) in [5.74, 6) is 0.508. The van der Waals surface area contributed by atoms with Gasteiger partial charge in [-0.1, -0.05) is 30.3 Å². The molecule has 0 saturated carbocycles. The normalized spacial score (nSPS) is 23.4. The third-order valence-electron chi connectivity index (χ3n) is 4.56. The van der Waals surface area contributed by atoms with Crippen molar-refractivity contribution in [3.63, 3.8) is 0 Å². The number of benzene rings is 1. The molecule has 1 N–H and O–H groups in total. The molecular weight excluding hydrogens is 298 g/mol. The van der Waals surface area contributed by atoms with Gasteiger partial charge in [0, 0.05) is 36.3 Å². The Balaban J connectivity index is 1.81. The van der Waals surface area contributed by atoms with Gasteiger partial charge in [0.1, 0.15) is 0 Å². The topological polar surface area (TPSA) is 64.0 Å². The second kappa shape index (κ2) is 5.21. The van der Waals surface area contributed by atoms with Crippen molar-refractivity contribution in [2.45, 2.75) is 25.4 Å². The number of aromatic nitrogens is 2. The minimum absolute atomic E-state index is 0.00527. The maximum atomic E-state index is 11.8. The van der Waals surface area contributed by atoms with Crippen LogP contribution in [0.15, 0.2) is 30.3 Å². The predicted molar refractivity (Wildman–Crippen MR) is 85.4 cm³/mol. The lowest BCUT2D eigenvalue weighted by molar-refractivity contribution is 0.469. The monoisotopic (exact) mass is 317 g/mol. The zero-order valence-corrected chi connectivity index (χ0v) is 13.1. The molecule has 116 valence electrons. The van der Waals surface area contributed by atoms with Gasteiger partial charge < -0.3 is 5.32 Å². The molecule has 2 aromatic rings. The Morgan fingerprint density at radius 1 is 1.23 bits per heavy atom. The Hall–Kier alpha value is -1.66. The quantitative estimate of drug-likeness (QED) is 0.913. The van der Waals surface area contributed by atoms with Crippen LogP contribution in [0.25, 0.3) is 11.3 Å². The summed E-state index contributed by atoms with van der Waals surface area (Å²) >= 11 is 0. The fourth-order valence-electron chi connectivity index (χ4n) is 3.47. The van der Waals surface area contributed by atoms with E-state index in [4.69, 9.17) is 5.10 Å². The van der Waals surface area contributed by atoms with Crippen molar-refractivity contribution in [2.24, 2.45) is 0 Å². The summed E-state index contributed by atoms with van der Waals surface area (Å²) < 4.78 is 25.6. The minimum Gasteiger partial charge on any atom is -0.312 e. The molecule has 1 aromatic heterocycles. The molecule has 0 aliphatic carbocycles. The van der Waals surface area contributed by atoms with Crippen molar-refractivity contribution < 1.29 is 8.42 Å². The molecule has 5 nitrogen and oxygen atoms in total. The Labute approximate surface area is 130 Å². The van der Waals surface area contributed by atoms with Crippen molar-refractivity contribution in [1.82, 2.24) is 15.1 Å². The highest BCUT2D eigenvalue weighted by Gasteiger charge is 2.33. The van der Waals surface area contributed by atoms with Gasteiger partial charge in [-0.15, -0.1) is 0 Å². The van der Waals surface area contributed by atoms with E-state index in [1.54, 1.807) is 0 Å². The zero-order chi connectivity index (χ0) is 15.2. The standard InChI is InChI=1S/C16H19N3O2S/c20-22(21)9-7-13(11-22)19-15-6-8-17-10-14(15)16(18-19)12-4-2-1-3-5-12/h1-5,13,17H,6-11H2. The van der Waals surface area contributed by atoms with Crippen LogP contribution >= 0.6 is 0 Å². The van der Waals surface area contributed by atoms with Gasteiger partial charge in [-0.25, -0.2) is 8.42 Å². The second-order valence-corrected chi connectivity index (χ2v) is 8.30. The molecule has 1 fully saturated rings. The maximum absolute atomic E-state index is 11.8. The summed E-state index contributed by atoms with van der Waals surface area (Å²) in [6.45, 7) is 1.73. The first-order chi connectivity index (χ1) is 10.6. The number of hydrogen-bond acceptors (Lipinski definition) is 4. The lowest BCUT2D eigenvalue weighted by Crippen LogP contribution is -2.26. The van der Waals surface area contributed by atoms with Crippen molar-refractivity contribution in [1.29, 1.82) is 0 Å². The predicted octanol–water partition coefficient (Wildman–Crippen LogP) is 1.56. The first-order valence-corrected chi connectivity index (χ1v) is 9.53. The van der Waals surface area contributed by atoms with Crippen molar-refractivity contribution in [3.05, 3.63) is 41.6 Å². The molecular formula is C16H19N3O2S. The largest absolute Gasteiger partial charge is 0.312 e. The molecule has 2 aliphatic rings. The van der Waals surface area contributed by atoms with Crippen LogP contribution in [0.1, 0.15) is 23.7 Å². The molecule has 0 amide bonds.